The van der Waals surface area contributed by atoms with Gasteiger partial charge in [0.1, 0.15) is 5.75 Å². The molecule has 0 atom stereocenters. The van der Waals surface area contributed by atoms with Gasteiger partial charge in [-0.2, -0.15) is 0 Å². The minimum atomic E-state index is -0.650. The lowest BCUT2D eigenvalue weighted by Crippen LogP contribution is -2.45. The summed E-state index contributed by atoms with van der Waals surface area (Å²) in [7, 11) is 1.58. The number of amides is 1. The Morgan fingerprint density at radius 1 is 1.42 bits per heavy atom. The molecule has 0 spiro atoms. The minimum Gasteiger partial charge on any atom is -0.497 e. The number of hydrogen-bond acceptors (Lipinski definition) is 3. The number of ether oxygens (including phenoxy) is 1. The van der Waals surface area contributed by atoms with Crippen molar-refractivity contribution in [2.45, 2.75) is 25.4 Å². The molecule has 1 aromatic carbocycles. The number of hydrogen-bond donors (Lipinski definition) is 1. The van der Waals surface area contributed by atoms with Gasteiger partial charge in [0.2, 0.25) is 0 Å². The summed E-state index contributed by atoms with van der Waals surface area (Å²) >= 11 is 3.40. The monoisotopic (exact) mass is 327 g/mol. The molecular weight excluding hydrogens is 310 g/mol. The quantitative estimate of drug-likeness (QED) is 0.907. The van der Waals surface area contributed by atoms with Crippen LogP contribution in [0.1, 0.15) is 30.1 Å². The minimum absolute atomic E-state index is 0.0266. The molecule has 2 rings (SSSR count). The van der Waals surface area contributed by atoms with Gasteiger partial charge in [-0.1, -0.05) is 0 Å². The van der Waals surface area contributed by atoms with Gasteiger partial charge in [0.15, 0.2) is 0 Å². The molecule has 104 valence electrons. The third-order valence-electron chi connectivity index (χ3n) is 3.53. The summed E-state index contributed by atoms with van der Waals surface area (Å²) in [6.45, 7) is 2.97. The maximum atomic E-state index is 12.5. The first-order valence-electron chi connectivity index (χ1n) is 6.28. The molecular formula is C14H18BrNO3. The van der Waals surface area contributed by atoms with Crippen molar-refractivity contribution in [3.8, 4) is 5.75 Å². The van der Waals surface area contributed by atoms with Gasteiger partial charge in [0.25, 0.3) is 5.91 Å². The number of methoxy groups -OCH3 is 1. The van der Waals surface area contributed by atoms with E-state index < -0.39 is 5.60 Å². The van der Waals surface area contributed by atoms with Crippen LogP contribution in [0, 0.1) is 0 Å². The van der Waals surface area contributed by atoms with E-state index in [-0.39, 0.29) is 5.91 Å². The molecule has 1 N–H and O–H groups in total. The molecule has 0 saturated carbocycles. The molecule has 0 bridgehead atoms. The molecule has 4 nitrogen and oxygen atoms in total. The van der Waals surface area contributed by atoms with Crippen molar-refractivity contribution < 1.29 is 14.6 Å². The Bertz CT molecular complexity index is 478. The first-order chi connectivity index (χ1) is 8.93. The highest BCUT2D eigenvalue weighted by molar-refractivity contribution is 9.10. The van der Waals surface area contributed by atoms with Crippen molar-refractivity contribution >= 4 is 21.8 Å². The highest BCUT2D eigenvalue weighted by atomic mass is 79.9. The molecule has 1 aliphatic heterocycles. The second-order valence-corrected chi connectivity index (χ2v) is 5.99. The van der Waals surface area contributed by atoms with E-state index in [1.165, 1.54) is 0 Å². The Morgan fingerprint density at radius 3 is 2.63 bits per heavy atom. The maximum Gasteiger partial charge on any atom is 0.255 e. The Kier molecular flexibility index (Phi) is 4.16. The van der Waals surface area contributed by atoms with E-state index in [1.54, 1.807) is 18.1 Å². The Balaban J connectivity index is 2.16. The van der Waals surface area contributed by atoms with E-state index in [1.807, 2.05) is 19.1 Å². The zero-order valence-electron chi connectivity index (χ0n) is 11.1. The molecule has 0 aliphatic carbocycles. The predicted octanol–water partition coefficient (Wildman–Crippen LogP) is 2.44. The van der Waals surface area contributed by atoms with Crippen molar-refractivity contribution in [3.63, 3.8) is 0 Å². The fourth-order valence-corrected chi connectivity index (χ4v) is 2.57. The molecule has 1 aliphatic rings. The largest absolute Gasteiger partial charge is 0.497 e. The number of carbonyl (C=O) groups is 1. The lowest BCUT2D eigenvalue weighted by atomic mass is 9.93. The summed E-state index contributed by atoms with van der Waals surface area (Å²) in [6, 6.07) is 5.35. The molecule has 1 aromatic rings. The molecule has 19 heavy (non-hydrogen) atoms. The summed E-state index contributed by atoms with van der Waals surface area (Å²) in [5, 5.41) is 9.91. The molecule has 1 fully saturated rings. The van der Waals surface area contributed by atoms with Gasteiger partial charge in [-0.05, 0) is 53.9 Å². The van der Waals surface area contributed by atoms with Crippen LogP contribution in [0.2, 0.25) is 0 Å². The molecule has 0 unspecified atom stereocenters. The SMILES string of the molecule is COc1ccc(Br)c(C(=O)N2CCC(C)(O)CC2)c1. The number of aliphatic hydroxyl groups is 1. The second kappa shape index (κ2) is 5.51. The fraction of sp³-hybridized carbons (Fsp3) is 0.500. The van der Waals surface area contributed by atoms with Crippen molar-refractivity contribution in [1.29, 1.82) is 0 Å². The molecule has 5 heteroatoms. The zero-order valence-corrected chi connectivity index (χ0v) is 12.7. The van der Waals surface area contributed by atoms with Crippen molar-refractivity contribution in [3.05, 3.63) is 28.2 Å². The number of nitrogens with zero attached hydrogens (tertiary/aromatic N) is 1. The van der Waals surface area contributed by atoms with Crippen LogP contribution in [0.3, 0.4) is 0 Å². The number of benzene rings is 1. The Morgan fingerprint density at radius 2 is 2.05 bits per heavy atom. The molecule has 0 radical (unpaired) electrons. The summed E-state index contributed by atoms with van der Waals surface area (Å²) in [5.74, 6) is 0.636. The van der Waals surface area contributed by atoms with Crippen LogP contribution in [0.15, 0.2) is 22.7 Å². The highest BCUT2D eigenvalue weighted by Crippen LogP contribution is 2.27. The smallest absolute Gasteiger partial charge is 0.255 e. The number of carbonyl (C=O) groups excluding carboxylic acids is 1. The standard InChI is InChI=1S/C14H18BrNO3/c1-14(18)5-7-16(8-6-14)13(17)11-9-10(19-2)3-4-12(11)15/h3-4,9,18H,5-8H2,1-2H3. The number of halogens is 1. The van der Waals surface area contributed by atoms with Crippen LogP contribution in [-0.2, 0) is 0 Å². The fourth-order valence-electron chi connectivity index (χ4n) is 2.16. The third kappa shape index (κ3) is 3.28. The third-order valence-corrected chi connectivity index (χ3v) is 4.22. The van der Waals surface area contributed by atoms with Gasteiger partial charge in [-0.15, -0.1) is 0 Å². The lowest BCUT2D eigenvalue weighted by Gasteiger charge is -2.36. The maximum absolute atomic E-state index is 12.5. The second-order valence-electron chi connectivity index (χ2n) is 5.13. The summed E-state index contributed by atoms with van der Waals surface area (Å²) in [5.41, 5.74) is -0.0524. The number of piperidine rings is 1. The van der Waals surface area contributed by atoms with Crippen LogP contribution in [0.5, 0.6) is 5.75 Å². The number of likely N-dealkylation sites (tertiary alicyclic amines) is 1. The normalized spacial score (nSPS) is 18.2. The highest BCUT2D eigenvalue weighted by Gasteiger charge is 2.30. The van der Waals surface area contributed by atoms with Crippen LogP contribution >= 0.6 is 15.9 Å². The molecule has 1 heterocycles. The van der Waals surface area contributed by atoms with E-state index in [2.05, 4.69) is 15.9 Å². The van der Waals surface area contributed by atoms with Gasteiger partial charge in [0, 0.05) is 17.6 Å². The van der Waals surface area contributed by atoms with E-state index in [9.17, 15) is 9.90 Å². The van der Waals surface area contributed by atoms with Crippen LogP contribution in [-0.4, -0.2) is 41.7 Å². The zero-order chi connectivity index (χ0) is 14.0. The van der Waals surface area contributed by atoms with Crippen molar-refractivity contribution in [1.82, 2.24) is 4.90 Å². The van der Waals surface area contributed by atoms with Gasteiger partial charge >= 0.3 is 0 Å². The predicted molar refractivity (Wildman–Crippen MR) is 76.5 cm³/mol. The van der Waals surface area contributed by atoms with Crippen LogP contribution < -0.4 is 4.74 Å². The summed E-state index contributed by atoms with van der Waals surface area (Å²) in [6.07, 6.45) is 1.22. The van der Waals surface area contributed by atoms with Gasteiger partial charge in [0.05, 0.1) is 18.3 Å². The molecule has 1 amide bonds. The Hall–Kier alpha value is -1.07. The van der Waals surface area contributed by atoms with Crippen molar-refractivity contribution in [2.24, 2.45) is 0 Å². The molecule has 0 aromatic heterocycles. The van der Waals surface area contributed by atoms with E-state index in [0.717, 1.165) is 4.47 Å². The topological polar surface area (TPSA) is 49.8 Å². The first kappa shape index (κ1) is 14.3. The van der Waals surface area contributed by atoms with E-state index >= 15 is 0 Å². The van der Waals surface area contributed by atoms with Gasteiger partial charge < -0.3 is 14.7 Å². The lowest BCUT2D eigenvalue weighted by molar-refractivity contribution is -0.00206. The molecule has 1 saturated heterocycles. The summed E-state index contributed by atoms with van der Waals surface area (Å²) < 4.78 is 5.91. The van der Waals surface area contributed by atoms with Crippen LogP contribution in [0.25, 0.3) is 0 Å². The summed E-state index contributed by atoms with van der Waals surface area (Å²) in [4.78, 5) is 14.2. The van der Waals surface area contributed by atoms with E-state index in [4.69, 9.17) is 4.74 Å². The van der Waals surface area contributed by atoms with Crippen LogP contribution in [0.4, 0.5) is 0 Å². The van der Waals surface area contributed by atoms with Crippen molar-refractivity contribution in [2.75, 3.05) is 20.2 Å². The average Bonchev–Trinajstić information content (AvgIpc) is 2.38. The average molecular weight is 328 g/mol. The Labute approximate surface area is 121 Å². The van der Waals surface area contributed by atoms with E-state index in [0.29, 0.717) is 37.2 Å². The van der Waals surface area contributed by atoms with Gasteiger partial charge in [-0.25, -0.2) is 0 Å². The van der Waals surface area contributed by atoms with Gasteiger partial charge in [-0.3, -0.25) is 4.79 Å². The number of rotatable bonds is 2. The first-order valence-corrected chi connectivity index (χ1v) is 7.07.